The van der Waals surface area contributed by atoms with Gasteiger partial charge in [0.15, 0.2) is 5.82 Å². The van der Waals surface area contributed by atoms with Crippen LogP contribution in [0.5, 0.6) is 11.6 Å². The second kappa shape index (κ2) is 9.46. The lowest BCUT2D eigenvalue weighted by molar-refractivity contribution is 0.0109. The molecule has 0 radical (unpaired) electrons. The molecular formula is C30H32FN5O4. The number of carbonyl (C=O) groups excluding carboxylic acids is 1. The number of hydrogen-bond donors (Lipinski definition) is 0. The fourth-order valence-electron chi connectivity index (χ4n) is 5.72. The zero-order valence-corrected chi connectivity index (χ0v) is 23.5. The number of ether oxygens (including phenoxy) is 3. The van der Waals surface area contributed by atoms with E-state index in [1.54, 1.807) is 24.3 Å². The molecule has 6 rings (SSSR count). The average molecular weight is 546 g/mol. The standard InChI is InChI=1S/C30H32FN5O4/c1-16-7-8-18-9-10-32-28(38-6)23(18)22(16)20-11-21-24-26(25(20)31)33-15-34-27(24)36-12-17(2)35(13-19(36)14-39-21)29(37)40-30(3,4)5/h7-11,15,17,19H,12-14H2,1-6H3/t17-,19+/m1/s1. The number of rotatable bonds is 2. The van der Waals surface area contributed by atoms with E-state index in [-0.39, 0.29) is 30.3 Å². The van der Waals surface area contributed by atoms with Gasteiger partial charge < -0.3 is 24.0 Å². The highest BCUT2D eigenvalue weighted by molar-refractivity contribution is 6.05. The molecule has 2 aromatic carbocycles. The van der Waals surface area contributed by atoms with E-state index in [1.165, 1.54) is 6.33 Å². The zero-order chi connectivity index (χ0) is 28.3. The minimum absolute atomic E-state index is 0.153. The number of halogens is 1. The Morgan fingerprint density at radius 1 is 1.12 bits per heavy atom. The maximum atomic E-state index is 16.5. The van der Waals surface area contributed by atoms with Crippen molar-refractivity contribution in [2.75, 3.05) is 31.7 Å². The number of nitrogens with zero attached hydrogens (tertiary/aromatic N) is 5. The van der Waals surface area contributed by atoms with Crippen molar-refractivity contribution in [2.24, 2.45) is 0 Å². The number of hydrogen-bond acceptors (Lipinski definition) is 8. The van der Waals surface area contributed by atoms with Crippen molar-refractivity contribution in [3.8, 4) is 22.8 Å². The number of carbonyl (C=O) groups is 1. The van der Waals surface area contributed by atoms with Crippen LogP contribution in [0.1, 0.15) is 33.3 Å². The van der Waals surface area contributed by atoms with Gasteiger partial charge in [-0.15, -0.1) is 0 Å². The van der Waals surface area contributed by atoms with Gasteiger partial charge in [-0.05, 0) is 57.7 Å². The summed E-state index contributed by atoms with van der Waals surface area (Å²) in [7, 11) is 1.55. The first-order valence-corrected chi connectivity index (χ1v) is 13.4. The quantitative estimate of drug-likeness (QED) is 0.326. The monoisotopic (exact) mass is 545 g/mol. The molecule has 4 heterocycles. The minimum Gasteiger partial charge on any atom is -0.490 e. The van der Waals surface area contributed by atoms with Gasteiger partial charge in [0.05, 0.1) is 23.9 Å². The fourth-order valence-corrected chi connectivity index (χ4v) is 5.72. The molecule has 40 heavy (non-hydrogen) atoms. The Labute approximate surface area is 231 Å². The Kier molecular flexibility index (Phi) is 6.16. The summed E-state index contributed by atoms with van der Waals surface area (Å²) < 4.78 is 34.1. The molecule has 2 aromatic heterocycles. The van der Waals surface area contributed by atoms with Crippen LogP contribution in [-0.4, -0.2) is 70.4 Å². The van der Waals surface area contributed by atoms with Gasteiger partial charge >= 0.3 is 6.09 Å². The molecule has 1 saturated heterocycles. The molecule has 4 aromatic rings. The van der Waals surface area contributed by atoms with Crippen LogP contribution in [-0.2, 0) is 4.74 Å². The topological polar surface area (TPSA) is 89.9 Å². The van der Waals surface area contributed by atoms with Gasteiger partial charge in [-0.2, -0.15) is 0 Å². The number of pyridine rings is 1. The number of anilines is 1. The van der Waals surface area contributed by atoms with Crippen molar-refractivity contribution in [3.63, 3.8) is 0 Å². The fraction of sp³-hybridized carbons (Fsp3) is 0.400. The maximum Gasteiger partial charge on any atom is 0.410 e. The summed E-state index contributed by atoms with van der Waals surface area (Å²) in [6, 6.07) is 7.17. The summed E-state index contributed by atoms with van der Waals surface area (Å²) in [6.07, 6.45) is 2.70. The predicted molar refractivity (Wildman–Crippen MR) is 151 cm³/mol. The SMILES string of the molecule is COc1nccc2ccc(C)c(-c3cc4c5c(ncnc5c3F)N3C[C@@H](C)N(C(=O)OC(C)(C)C)C[C@H]3CO4)c12. The van der Waals surface area contributed by atoms with Gasteiger partial charge in [-0.1, -0.05) is 12.1 Å². The summed E-state index contributed by atoms with van der Waals surface area (Å²) in [6.45, 7) is 10.6. The molecule has 2 aliphatic rings. The zero-order valence-electron chi connectivity index (χ0n) is 23.5. The minimum atomic E-state index is -0.602. The van der Waals surface area contributed by atoms with Gasteiger partial charge in [0.1, 0.15) is 35.6 Å². The van der Waals surface area contributed by atoms with Crippen LogP contribution < -0.4 is 14.4 Å². The smallest absolute Gasteiger partial charge is 0.410 e. The van der Waals surface area contributed by atoms with Gasteiger partial charge in [-0.25, -0.2) is 24.1 Å². The normalized spacial score (nSPS) is 18.8. The van der Waals surface area contributed by atoms with Gasteiger partial charge in [0.25, 0.3) is 0 Å². The van der Waals surface area contributed by atoms with Crippen LogP contribution in [0.25, 0.3) is 32.8 Å². The second-order valence-electron chi connectivity index (χ2n) is 11.4. The molecule has 1 amide bonds. The Hall–Kier alpha value is -4.21. The molecule has 9 nitrogen and oxygen atoms in total. The van der Waals surface area contributed by atoms with Gasteiger partial charge in [0.2, 0.25) is 5.88 Å². The molecule has 2 aliphatic heterocycles. The highest BCUT2D eigenvalue weighted by Crippen LogP contribution is 2.45. The van der Waals surface area contributed by atoms with E-state index < -0.39 is 11.4 Å². The summed E-state index contributed by atoms with van der Waals surface area (Å²) in [5.41, 5.74) is 1.47. The third-order valence-corrected chi connectivity index (χ3v) is 7.53. The van der Waals surface area contributed by atoms with Crippen LogP contribution in [0.15, 0.2) is 36.8 Å². The van der Waals surface area contributed by atoms with E-state index in [1.807, 2.05) is 52.8 Å². The van der Waals surface area contributed by atoms with E-state index in [0.29, 0.717) is 47.1 Å². The number of methoxy groups -OCH3 is 1. The maximum absolute atomic E-state index is 16.5. The Morgan fingerprint density at radius 3 is 2.67 bits per heavy atom. The van der Waals surface area contributed by atoms with E-state index >= 15 is 4.39 Å². The molecule has 0 bridgehead atoms. The highest BCUT2D eigenvalue weighted by atomic mass is 19.1. The van der Waals surface area contributed by atoms with Crippen molar-refractivity contribution in [1.29, 1.82) is 0 Å². The Bertz CT molecular complexity index is 1650. The lowest BCUT2D eigenvalue weighted by Gasteiger charge is -2.44. The lowest BCUT2D eigenvalue weighted by Crippen LogP contribution is -2.61. The molecule has 208 valence electrons. The molecule has 2 atom stereocenters. The van der Waals surface area contributed by atoms with Crippen molar-refractivity contribution in [3.05, 3.63) is 48.2 Å². The average Bonchev–Trinajstić information content (AvgIpc) is 3.06. The summed E-state index contributed by atoms with van der Waals surface area (Å²) in [5.74, 6) is 1.04. The first-order valence-electron chi connectivity index (χ1n) is 13.4. The van der Waals surface area contributed by atoms with E-state index in [9.17, 15) is 4.79 Å². The van der Waals surface area contributed by atoms with E-state index in [2.05, 4.69) is 19.9 Å². The van der Waals surface area contributed by atoms with Crippen molar-refractivity contribution >= 4 is 33.6 Å². The van der Waals surface area contributed by atoms with Crippen LogP contribution >= 0.6 is 0 Å². The van der Waals surface area contributed by atoms with Crippen molar-refractivity contribution in [2.45, 2.75) is 52.3 Å². The predicted octanol–water partition coefficient (Wildman–Crippen LogP) is 5.51. The van der Waals surface area contributed by atoms with Gasteiger partial charge in [-0.3, -0.25) is 0 Å². The molecule has 0 unspecified atom stereocenters. The van der Waals surface area contributed by atoms with Crippen LogP contribution in [0.2, 0.25) is 0 Å². The van der Waals surface area contributed by atoms with E-state index in [0.717, 1.165) is 16.3 Å². The van der Waals surface area contributed by atoms with Crippen molar-refractivity contribution in [1.82, 2.24) is 19.9 Å². The number of benzene rings is 2. The molecule has 0 spiro atoms. The summed E-state index contributed by atoms with van der Waals surface area (Å²) in [5, 5.41) is 2.13. The molecule has 0 aliphatic carbocycles. The summed E-state index contributed by atoms with van der Waals surface area (Å²) in [4.78, 5) is 30.2. The van der Waals surface area contributed by atoms with Crippen molar-refractivity contribution < 1.29 is 23.4 Å². The van der Waals surface area contributed by atoms with Crippen LogP contribution in [0.4, 0.5) is 15.0 Å². The highest BCUT2D eigenvalue weighted by Gasteiger charge is 2.40. The molecule has 1 fully saturated rings. The molecule has 0 N–H and O–H groups in total. The van der Waals surface area contributed by atoms with Gasteiger partial charge in [0, 0.05) is 36.5 Å². The first kappa shape index (κ1) is 26.0. The number of piperazine rings is 1. The third kappa shape index (κ3) is 4.22. The van der Waals surface area contributed by atoms with Crippen LogP contribution in [0, 0.1) is 12.7 Å². The molecule has 10 heteroatoms. The summed E-state index contributed by atoms with van der Waals surface area (Å²) >= 11 is 0. The first-order chi connectivity index (χ1) is 19.1. The second-order valence-corrected chi connectivity index (χ2v) is 11.4. The Morgan fingerprint density at radius 2 is 1.93 bits per heavy atom. The molecular weight excluding hydrogens is 513 g/mol. The number of aryl methyl sites for hydroxylation is 1. The van der Waals surface area contributed by atoms with E-state index in [4.69, 9.17) is 14.2 Å². The number of fused-ring (bicyclic) bond motifs is 3. The number of amides is 1. The van der Waals surface area contributed by atoms with Crippen LogP contribution in [0.3, 0.4) is 0 Å². The number of aromatic nitrogens is 3. The Balaban J connectivity index is 1.48. The largest absolute Gasteiger partial charge is 0.490 e. The molecule has 0 saturated carbocycles. The third-order valence-electron chi connectivity index (χ3n) is 7.53. The lowest BCUT2D eigenvalue weighted by atomic mass is 9.93.